The van der Waals surface area contributed by atoms with Crippen LogP contribution in [0.4, 0.5) is 5.13 Å². The second-order valence-electron chi connectivity index (χ2n) is 9.17. The van der Waals surface area contributed by atoms with Gasteiger partial charge in [0.25, 0.3) is 5.91 Å². The first-order valence-corrected chi connectivity index (χ1v) is 13.4. The molecule has 7 nitrogen and oxygen atoms in total. The Morgan fingerprint density at radius 2 is 1.89 bits per heavy atom. The minimum atomic E-state index is -0.196. The number of rotatable bonds is 6. The summed E-state index contributed by atoms with van der Waals surface area (Å²) < 4.78 is 1.65. The van der Waals surface area contributed by atoms with Crippen LogP contribution in [0.2, 0.25) is 5.02 Å². The highest BCUT2D eigenvalue weighted by Gasteiger charge is 2.31. The van der Waals surface area contributed by atoms with Gasteiger partial charge in [0.05, 0.1) is 18.5 Å². The molecule has 0 unspecified atom stereocenters. The van der Waals surface area contributed by atoms with Crippen molar-refractivity contribution < 1.29 is 14.7 Å². The summed E-state index contributed by atoms with van der Waals surface area (Å²) in [6, 6.07) is 12.4. The molecule has 2 heterocycles. The fourth-order valence-electron chi connectivity index (χ4n) is 5.15. The van der Waals surface area contributed by atoms with E-state index in [0.29, 0.717) is 26.9 Å². The smallest absolute Gasteiger partial charge is 0.262 e. The van der Waals surface area contributed by atoms with Crippen molar-refractivity contribution in [1.82, 2.24) is 14.8 Å². The molecular weight excluding hydrogens is 496 g/mol. The van der Waals surface area contributed by atoms with Crippen LogP contribution < -0.4 is 4.90 Å². The highest BCUT2D eigenvalue weighted by molar-refractivity contribution is 7.13. The van der Waals surface area contributed by atoms with Gasteiger partial charge in [-0.25, -0.2) is 0 Å². The zero-order chi connectivity index (χ0) is 25.2. The molecule has 1 amide bonds. The van der Waals surface area contributed by atoms with Gasteiger partial charge in [-0.05, 0) is 67.3 Å². The molecule has 4 aromatic rings. The quantitative estimate of drug-likeness (QED) is 0.359. The van der Waals surface area contributed by atoms with Crippen molar-refractivity contribution in [2.75, 3.05) is 4.90 Å². The van der Waals surface area contributed by atoms with Gasteiger partial charge in [-0.2, -0.15) is 0 Å². The number of aromatic nitrogens is 3. The summed E-state index contributed by atoms with van der Waals surface area (Å²) in [6.07, 6.45) is 5.35. The molecule has 1 saturated carbocycles. The Morgan fingerprint density at radius 3 is 2.56 bits per heavy atom. The van der Waals surface area contributed by atoms with Gasteiger partial charge in [0.2, 0.25) is 11.0 Å². The first kappa shape index (κ1) is 24.6. The molecule has 0 bridgehead atoms. The molecule has 5 rings (SSSR count). The maximum atomic E-state index is 13.9. The highest BCUT2D eigenvalue weighted by Crippen LogP contribution is 2.32. The van der Waals surface area contributed by atoms with E-state index in [0.717, 1.165) is 42.2 Å². The number of aliphatic hydroxyl groups is 1. The largest absolute Gasteiger partial charge is 0.392 e. The van der Waals surface area contributed by atoms with Crippen LogP contribution in [-0.4, -0.2) is 37.7 Å². The molecule has 0 aliphatic heterocycles. The lowest BCUT2D eigenvalue weighted by Crippen LogP contribution is -2.42. The first-order valence-electron chi connectivity index (χ1n) is 12.1. The zero-order valence-electron chi connectivity index (χ0n) is 20.0. The molecule has 36 heavy (non-hydrogen) atoms. The third kappa shape index (κ3) is 4.68. The van der Waals surface area contributed by atoms with Crippen LogP contribution in [0.15, 0.2) is 48.0 Å². The summed E-state index contributed by atoms with van der Waals surface area (Å²) in [4.78, 5) is 29.2. The molecule has 0 saturated heterocycles. The standard InChI is InChI=1S/C27H27ClN4O3S/c1-17-22(14-25(34)32(27-30-29-16-36-27)21-5-3-2-4-6-21)23-13-18(15-33)7-12-24(23)31(17)26(35)19-8-10-20(28)11-9-19/h7-13,16,21,33H,2-6,14-15H2,1H3. The van der Waals surface area contributed by atoms with E-state index in [4.69, 9.17) is 11.6 Å². The van der Waals surface area contributed by atoms with Crippen LogP contribution in [0, 0.1) is 6.92 Å². The lowest BCUT2D eigenvalue weighted by molar-refractivity contribution is -0.118. The number of anilines is 1. The van der Waals surface area contributed by atoms with E-state index in [-0.39, 0.29) is 30.9 Å². The van der Waals surface area contributed by atoms with E-state index in [2.05, 4.69) is 10.2 Å². The number of hydrogen-bond donors (Lipinski definition) is 1. The Kier molecular flexibility index (Phi) is 7.18. The van der Waals surface area contributed by atoms with E-state index >= 15 is 0 Å². The SMILES string of the molecule is Cc1c(CC(=O)N(c2nncs2)C2CCCCC2)c2cc(CO)ccc2n1C(=O)c1ccc(Cl)cc1. The van der Waals surface area contributed by atoms with Gasteiger partial charge >= 0.3 is 0 Å². The van der Waals surface area contributed by atoms with Gasteiger partial charge in [-0.3, -0.25) is 19.1 Å². The molecule has 0 radical (unpaired) electrons. The predicted molar refractivity (Wildman–Crippen MR) is 142 cm³/mol. The lowest BCUT2D eigenvalue weighted by atomic mass is 9.94. The number of nitrogens with zero attached hydrogens (tertiary/aromatic N) is 4. The van der Waals surface area contributed by atoms with Crippen molar-refractivity contribution in [3.05, 3.63) is 75.4 Å². The van der Waals surface area contributed by atoms with Crippen LogP contribution in [0.5, 0.6) is 0 Å². The molecular formula is C27H27ClN4O3S. The monoisotopic (exact) mass is 522 g/mol. The normalized spacial score (nSPS) is 14.3. The maximum Gasteiger partial charge on any atom is 0.262 e. The fourth-order valence-corrected chi connectivity index (χ4v) is 5.92. The van der Waals surface area contributed by atoms with Gasteiger partial charge in [-0.15, -0.1) is 10.2 Å². The van der Waals surface area contributed by atoms with Crippen LogP contribution in [0.3, 0.4) is 0 Å². The fraction of sp³-hybridized carbons (Fsp3) is 0.333. The maximum absolute atomic E-state index is 13.9. The Hall–Kier alpha value is -3.07. The van der Waals surface area contributed by atoms with Crippen molar-refractivity contribution in [3.8, 4) is 0 Å². The number of fused-ring (bicyclic) bond motifs is 1. The Bertz CT molecular complexity index is 1390. The molecule has 2 aromatic carbocycles. The summed E-state index contributed by atoms with van der Waals surface area (Å²) >= 11 is 7.39. The summed E-state index contributed by atoms with van der Waals surface area (Å²) in [6.45, 7) is 1.74. The Balaban J connectivity index is 1.58. The van der Waals surface area contributed by atoms with Crippen LogP contribution in [0.1, 0.15) is 59.3 Å². The van der Waals surface area contributed by atoms with Gasteiger partial charge in [-0.1, -0.05) is 48.3 Å². The third-order valence-corrected chi connectivity index (χ3v) is 7.91. The number of benzene rings is 2. The van der Waals surface area contributed by atoms with Crippen molar-refractivity contribution in [2.45, 2.75) is 58.1 Å². The molecule has 0 atom stereocenters. The van der Waals surface area contributed by atoms with Gasteiger partial charge in [0, 0.05) is 27.7 Å². The number of amides is 1. The molecule has 1 aliphatic carbocycles. The predicted octanol–water partition coefficient (Wildman–Crippen LogP) is 5.54. The molecule has 1 N–H and O–H groups in total. The molecule has 1 aliphatic rings. The molecule has 0 spiro atoms. The van der Waals surface area contributed by atoms with Crippen molar-refractivity contribution >= 4 is 50.8 Å². The zero-order valence-corrected chi connectivity index (χ0v) is 21.6. The van der Waals surface area contributed by atoms with Crippen molar-refractivity contribution in [2.24, 2.45) is 0 Å². The number of hydrogen-bond acceptors (Lipinski definition) is 6. The van der Waals surface area contributed by atoms with E-state index in [1.165, 1.54) is 17.8 Å². The average Bonchev–Trinajstić information content (AvgIpc) is 3.51. The minimum Gasteiger partial charge on any atom is -0.392 e. The van der Waals surface area contributed by atoms with Crippen LogP contribution in [0.25, 0.3) is 10.9 Å². The number of carbonyl (C=O) groups is 2. The van der Waals surface area contributed by atoms with Crippen molar-refractivity contribution in [1.29, 1.82) is 0 Å². The summed E-state index contributed by atoms with van der Waals surface area (Å²) in [5, 5.41) is 19.9. The summed E-state index contributed by atoms with van der Waals surface area (Å²) in [5.74, 6) is -0.257. The van der Waals surface area contributed by atoms with E-state index in [1.54, 1.807) is 40.4 Å². The summed E-state index contributed by atoms with van der Waals surface area (Å²) in [7, 11) is 0. The summed E-state index contributed by atoms with van der Waals surface area (Å²) in [5.41, 5.74) is 5.05. The lowest BCUT2D eigenvalue weighted by Gasteiger charge is -2.32. The molecule has 9 heteroatoms. The second kappa shape index (κ2) is 10.5. The topological polar surface area (TPSA) is 88.3 Å². The number of carbonyl (C=O) groups excluding carboxylic acids is 2. The van der Waals surface area contributed by atoms with Crippen LogP contribution >= 0.6 is 22.9 Å². The Labute approximate surface area is 218 Å². The van der Waals surface area contributed by atoms with Crippen LogP contribution in [-0.2, 0) is 17.8 Å². The van der Waals surface area contributed by atoms with E-state index in [9.17, 15) is 14.7 Å². The van der Waals surface area contributed by atoms with Crippen molar-refractivity contribution in [3.63, 3.8) is 0 Å². The third-order valence-electron chi connectivity index (χ3n) is 6.97. The minimum absolute atomic E-state index is 0.0610. The Morgan fingerprint density at radius 1 is 1.14 bits per heavy atom. The molecule has 1 fully saturated rings. The number of halogens is 1. The van der Waals surface area contributed by atoms with Gasteiger partial charge in [0.1, 0.15) is 5.51 Å². The average molecular weight is 523 g/mol. The van der Waals surface area contributed by atoms with Gasteiger partial charge < -0.3 is 5.11 Å². The second-order valence-corrected chi connectivity index (χ2v) is 10.4. The number of aliphatic hydroxyl groups excluding tert-OH is 1. The van der Waals surface area contributed by atoms with Gasteiger partial charge in [0.15, 0.2) is 0 Å². The first-order chi connectivity index (χ1) is 17.5. The molecule has 186 valence electrons. The highest BCUT2D eigenvalue weighted by atomic mass is 35.5. The van der Waals surface area contributed by atoms with E-state index in [1.807, 2.05) is 24.0 Å². The molecule has 2 aromatic heterocycles. The van der Waals surface area contributed by atoms with E-state index < -0.39 is 0 Å².